The van der Waals surface area contributed by atoms with E-state index in [9.17, 15) is 18.3 Å². The number of nitrogens with zero attached hydrogens (tertiary/aromatic N) is 7. The topological polar surface area (TPSA) is 158 Å². The van der Waals surface area contributed by atoms with Crippen molar-refractivity contribution >= 4 is 55.8 Å². The van der Waals surface area contributed by atoms with Crippen LogP contribution in [-0.2, 0) is 10.0 Å². The van der Waals surface area contributed by atoms with Crippen molar-refractivity contribution in [2.75, 3.05) is 49.4 Å². The van der Waals surface area contributed by atoms with Gasteiger partial charge in [0, 0.05) is 49.5 Å². The quantitative estimate of drug-likeness (QED) is 0.205. The number of aromatic nitrogens is 5. The second kappa shape index (κ2) is 13.4. The Balaban J connectivity index is 1.28. The van der Waals surface area contributed by atoms with Gasteiger partial charge in [0.1, 0.15) is 23.3 Å². The van der Waals surface area contributed by atoms with Gasteiger partial charge in [-0.25, -0.2) is 36.8 Å². The first kappa shape index (κ1) is 33.1. The van der Waals surface area contributed by atoms with Gasteiger partial charge in [0.05, 0.1) is 22.7 Å². The van der Waals surface area contributed by atoms with Gasteiger partial charge in [-0.3, -0.25) is 14.4 Å². The molecule has 1 fully saturated rings. The minimum Gasteiger partial charge on any atom is -0.395 e. The van der Waals surface area contributed by atoms with Crippen LogP contribution in [0.4, 0.5) is 26.0 Å². The van der Waals surface area contributed by atoms with Gasteiger partial charge in [0.25, 0.3) is 15.9 Å². The molecule has 13 nitrogen and oxygen atoms in total. The lowest BCUT2D eigenvalue weighted by molar-refractivity contribution is 0.0608. The molecule has 4 heterocycles. The van der Waals surface area contributed by atoms with Crippen LogP contribution < -0.4 is 10.0 Å². The fraction of sp³-hybridized carbons (Fsp3) is 0.258. The number of β-amino-alcohol motifs (C(OH)–C–C–N with tert-alkyl or cyclic N) is 1. The Morgan fingerprint density at radius 1 is 1.04 bits per heavy atom. The number of hydrogen-bond acceptors (Lipinski definition) is 10. The van der Waals surface area contributed by atoms with E-state index in [1.807, 2.05) is 0 Å². The van der Waals surface area contributed by atoms with Crippen molar-refractivity contribution in [3.05, 3.63) is 88.5 Å². The van der Waals surface area contributed by atoms with E-state index in [-0.39, 0.29) is 50.8 Å². The predicted octanol–water partition coefficient (Wildman–Crippen LogP) is 4.05. The monoisotopic (exact) mass is 697 g/mol. The summed E-state index contributed by atoms with van der Waals surface area (Å²) in [7, 11) is -4.29. The van der Waals surface area contributed by atoms with Crippen molar-refractivity contribution in [3.63, 3.8) is 0 Å². The number of rotatable bonds is 9. The number of halogens is 3. The third-order valence-electron chi connectivity index (χ3n) is 7.96. The number of aliphatic hydroxyl groups is 1. The summed E-state index contributed by atoms with van der Waals surface area (Å²) >= 11 is 6.08. The molecule has 0 radical (unpaired) electrons. The molecule has 17 heteroatoms. The first-order chi connectivity index (χ1) is 23.0. The summed E-state index contributed by atoms with van der Waals surface area (Å²) in [5, 5.41) is 16.5. The normalized spacial score (nSPS) is 14.0. The highest BCUT2D eigenvalue weighted by molar-refractivity contribution is 7.92. The number of carbonyl (C=O) groups is 1. The van der Waals surface area contributed by atoms with E-state index < -0.39 is 33.0 Å². The molecule has 250 valence electrons. The van der Waals surface area contributed by atoms with Crippen LogP contribution in [0.15, 0.2) is 59.9 Å². The zero-order chi connectivity index (χ0) is 34.2. The van der Waals surface area contributed by atoms with E-state index in [4.69, 9.17) is 11.6 Å². The lowest BCUT2D eigenvalue weighted by Gasteiger charge is -2.34. The molecule has 48 heavy (non-hydrogen) atoms. The zero-order valence-electron chi connectivity index (χ0n) is 25.8. The molecular formula is C31H30ClF2N9O4S. The number of carbonyl (C=O) groups excluding carboxylic acids is 1. The van der Waals surface area contributed by atoms with Gasteiger partial charge in [0.2, 0.25) is 0 Å². The Hall–Kier alpha value is -4.77. The second-order valence-electron chi connectivity index (χ2n) is 11.1. The lowest BCUT2D eigenvalue weighted by atomic mass is 10.2. The van der Waals surface area contributed by atoms with Crippen LogP contribution in [0.2, 0.25) is 5.02 Å². The molecule has 5 aromatic rings. The van der Waals surface area contributed by atoms with Crippen LogP contribution in [-0.4, -0.2) is 93.3 Å². The Kier molecular flexibility index (Phi) is 9.24. The van der Waals surface area contributed by atoms with Crippen molar-refractivity contribution in [2.24, 2.45) is 0 Å². The Morgan fingerprint density at radius 3 is 2.56 bits per heavy atom. The van der Waals surface area contributed by atoms with Crippen LogP contribution >= 0.6 is 11.6 Å². The number of pyridine rings is 1. The summed E-state index contributed by atoms with van der Waals surface area (Å²) in [6.07, 6.45) is 2.84. The van der Waals surface area contributed by atoms with E-state index >= 15 is 8.78 Å². The summed E-state index contributed by atoms with van der Waals surface area (Å²) in [6.45, 7) is 6.17. The largest absolute Gasteiger partial charge is 0.395 e. The van der Waals surface area contributed by atoms with Crippen LogP contribution in [0.3, 0.4) is 0 Å². The summed E-state index contributed by atoms with van der Waals surface area (Å²) < 4.78 is 60.6. The van der Waals surface area contributed by atoms with E-state index in [0.29, 0.717) is 43.8 Å². The van der Waals surface area contributed by atoms with E-state index in [0.717, 1.165) is 12.1 Å². The van der Waals surface area contributed by atoms with Crippen LogP contribution in [0.25, 0.3) is 16.9 Å². The first-order valence-electron chi connectivity index (χ1n) is 14.8. The fourth-order valence-corrected chi connectivity index (χ4v) is 6.90. The maximum absolute atomic E-state index is 15.7. The van der Waals surface area contributed by atoms with E-state index in [1.165, 1.54) is 36.1 Å². The SMILES string of the molecule is Cc1cn(-c2ccc3ncnc(Nc4c(F)ccc(NS(=O)(=O)c5cccc(Cl)c5C)c4F)c3n2)nc1C(=O)N1CCN(CCO)CC1. The van der Waals surface area contributed by atoms with E-state index in [2.05, 4.69) is 35.0 Å². The molecule has 0 unspecified atom stereocenters. The minimum absolute atomic E-state index is 0.0564. The molecule has 0 saturated carbocycles. The van der Waals surface area contributed by atoms with Crippen LogP contribution in [0, 0.1) is 25.5 Å². The molecule has 3 aromatic heterocycles. The molecular weight excluding hydrogens is 668 g/mol. The average Bonchev–Trinajstić information content (AvgIpc) is 3.47. The van der Waals surface area contributed by atoms with Gasteiger partial charge in [0.15, 0.2) is 23.1 Å². The molecule has 1 amide bonds. The molecule has 0 aliphatic carbocycles. The van der Waals surface area contributed by atoms with Crippen molar-refractivity contribution in [3.8, 4) is 5.82 Å². The van der Waals surface area contributed by atoms with Gasteiger partial charge in [-0.1, -0.05) is 17.7 Å². The number of piperazine rings is 1. The number of anilines is 3. The minimum atomic E-state index is -4.29. The highest BCUT2D eigenvalue weighted by Gasteiger charge is 2.26. The van der Waals surface area contributed by atoms with Crippen molar-refractivity contribution < 1.29 is 27.1 Å². The first-order valence-corrected chi connectivity index (χ1v) is 16.7. The third kappa shape index (κ3) is 6.51. The summed E-state index contributed by atoms with van der Waals surface area (Å²) in [5.74, 6) is -2.24. The van der Waals surface area contributed by atoms with E-state index in [1.54, 1.807) is 30.2 Å². The number of benzene rings is 2. The molecule has 1 saturated heterocycles. The molecule has 2 aromatic carbocycles. The van der Waals surface area contributed by atoms with Crippen molar-refractivity contribution in [1.82, 2.24) is 34.5 Å². The summed E-state index contributed by atoms with van der Waals surface area (Å²) in [5.41, 5.74) is 0.436. The second-order valence-corrected chi connectivity index (χ2v) is 13.2. The maximum Gasteiger partial charge on any atom is 0.274 e. The molecule has 1 aliphatic heterocycles. The number of sulfonamides is 1. The zero-order valence-corrected chi connectivity index (χ0v) is 27.4. The average molecular weight is 698 g/mol. The van der Waals surface area contributed by atoms with Gasteiger partial charge in [-0.15, -0.1) is 0 Å². The molecule has 1 aliphatic rings. The Labute approximate surface area is 279 Å². The molecule has 3 N–H and O–H groups in total. The standard InChI is InChI=1S/C31H30ClF2N9O4S/c1-18-16-43(39-27(18)31(45)42-12-10-41(11-13-42)14-15-44)25-9-8-23-29(37-25)30(36-17-35-23)38-28-21(33)6-7-22(26(28)34)40-48(46,47)24-5-3-4-20(32)19(24)2/h3-9,16-17,40,44H,10-15H2,1-2H3,(H,35,36,38). The van der Waals surface area contributed by atoms with Gasteiger partial charge >= 0.3 is 0 Å². The van der Waals surface area contributed by atoms with Crippen molar-refractivity contribution in [1.29, 1.82) is 0 Å². The van der Waals surface area contributed by atoms with Crippen molar-refractivity contribution in [2.45, 2.75) is 18.7 Å². The number of nitrogens with one attached hydrogen (secondary N) is 2. The number of aryl methyl sites for hydroxylation is 1. The highest BCUT2D eigenvalue weighted by atomic mass is 35.5. The smallest absolute Gasteiger partial charge is 0.274 e. The number of amides is 1. The number of aliphatic hydroxyl groups excluding tert-OH is 1. The Bertz CT molecular complexity index is 2140. The molecule has 0 bridgehead atoms. The van der Waals surface area contributed by atoms with Crippen LogP contribution in [0.1, 0.15) is 21.6 Å². The summed E-state index contributed by atoms with van der Waals surface area (Å²) in [6, 6.07) is 9.42. The van der Waals surface area contributed by atoms with Gasteiger partial charge < -0.3 is 15.3 Å². The predicted molar refractivity (Wildman–Crippen MR) is 175 cm³/mol. The molecule has 6 rings (SSSR count). The summed E-state index contributed by atoms with van der Waals surface area (Å²) in [4.78, 5) is 29.9. The number of hydrogen-bond donors (Lipinski definition) is 3. The molecule has 0 atom stereocenters. The molecule has 0 spiro atoms. The van der Waals surface area contributed by atoms with Gasteiger partial charge in [-0.2, -0.15) is 5.10 Å². The lowest BCUT2D eigenvalue weighted by Crippen LogP contribution is -2.49. The third-order valence-corrected chi connectivity index (χ3v) is 9.88. The van der Waals surface area contributed by atoms with Gasteiger partial charge in [-0.05, 0) is 55.8 Å². The van der Waals surface area contributed by atoms with Crippen LogP contribution in [0.5, 0.6) is 0 Å². The maximum atomic E-state index is 15.7. The number of fused-ring (bicyclic) bond motifs is 1. The fourth-order valence-electron chi connectivity index (χ4n) is 5.35. The Morgan fingerprint density at radius 2 is 1.81 bits per heavy atom. The highest BCUT2D eigenvalue weighted by Crippen LogP contribution is 2.32.